The van der Waals surface area contributed by atoms with Gasteiger partial charge in [-0.1, -0.05) is 29.8 Å². The first-order chi connectivity index (χ1) is 9.61. The lowest BCUT2D eigenvalue weighted by Crippen LogP contribution is -2.27. The molecule has 2 aromatic rings. The molecule has 0 saturated carbocycles. The second-order valence-electron chi connectivity index (χ2n) is 4.29. The molecule has 1 amide bonds. The summed E-state index contributed by atoms with van der Waals surface area (Å²) in [5.74, 6) is 0.358. The number of anilines is 1. The first-order valence-electron chi connectivity index (χ1n) is 6.10. The van der Waals surface area contributed by atoms with E-state index in [1.807, 2.05) is 18.2 Å². The molecule has 0 fully saturated rings. The van der Waals surface area contributed by atoms with E-state index in [-0.39, 0.29) is 5.91 Å². The van der Waals surface area contributed by atoms with Crippen molar-refractivity contribution in [3.05, 3.63) is 52.9 Å². The SMILES string of the molecule is CNc1cncc(C(=O)N(C)Cc2ccccc2Cl)n1. The van der Waals surface area contributed by atoms with E-state index >= 15 is 0 Å². The number of nitrogens with one attached hydrogen (secondary N) is 1. The standard InChI is InChI=1S/C14H15ClN4O/c1-16-13-8-17-7-12(18-13)14(20)19(2)9-10-5-3-4-6-11(10)15/h3-8H,9H2,1-2H3,(H,16,18). The van der Waals surface area contributed by atoms with Gasteiger partial charge in [0.05, 0.1) is 12.4 Å². The van der Waals surface area contributed by atoms with Crippen LogP contribution in [0.2, 0.25) is 5.02 Å². The van der Waals surface area contributed by atoms with E-state index in [0.29, 0.717) is 23.1 Å². The fourth-order valence-electron chi connectivity index (χ4n) is 1.74. The zero-order valence-corrected chi connectivity index (χ0v) is 12.1. The molecule has 0 atom stereocenters. The molecule has 0 unspecified atom stereocenters. The third kappa shape index (κ3) is 3.24. The van der Waals surface area contributed by atoms with Crippen molar-refractivity contribution in [1.82, 2.24) is 14.9 Å². The second kappa shape index (κ2) is 6.34. The van der Waals surface area contributed by atoms with Gasteiger partial charge in [-0.3, -0.25) is 9.78 Å². The third-order valence-corrected chi connectivity index (χ3v) is 3.19. The summed E-state index contributed by atoms with van der Waals surface area (Å²) in [6, 6.07) is 7.44. The summed E-state index contributed by atoms with van der Waals surface area (Å²) in [5.41, 5.74) is 1.19. The van der Waals surface area contributed by atoms with E-state index in [1.165, 1.54) is 6.20 Å². The van der Waals surface area contributed by atoms with Gasteiger partial charge in [-0.15, -0.1) is 0 Å². The fourth-order valence-corrected chi connectivity index (χ4v) is 1.93. The first-order valence-corrected chi connectivity index (χ1v) is 6.48. The van der Waals surface area contributed by atoms with Crippen molar-refractivity contribution in [3.63, 3.8) is 0 Å². The molecular formula is C14H15ClN4O. The van der Waals surface area contributed by atoms with Crippen LogP contribution in [0.15, 0.2) is 36.7 Å². The summed E-state index contributed by atoms with van der Waals surface area (Å²) < 4.78 is 0. The maximum absolute atomic E-state index is 12.3. The Morgan fingerprint density at radius 3 is 2.80 bits per heavy atom. The van der Waals surface area contributed by atoms with E-state index in [2.05, 4.69) is 15.3 Å². The minimum Gasteiger partial charge on any atom is -0.372 e. The van der Waals surface area contributed by atoms with E-state index in [9.17, 15) is 4.79 Å². The Bertz CT molecular complexity index is 618. The molecule has 0 aliphatic carbocycles. The van der Waals surface area contributed by atoms with Gasteiger partial charge in [-0.05, 0) is 11.6 Å². The summed E-state index contributed by atoms with van der Waals surface area (Å²) in [6.45, 7) is 0.421. The molecule has 5 nitrogen and oxygen atoms in total. The summed E-state index contributed by atoms with van der Waals surface area (Å²) in [5, 5.41) is 3.50. The number of carbonyl (C=O) groups excluding carboxylic acids is 1. The second-order valence-corrected chi connectivity index (χ2v) is 4.70. The van der Waals surface area contributed by atoms with Crippen molar-refractivity contribution in [1.29, 1.82) is 0 Å². The molecule has 0 aliphatic heterocycles. The number of hydrogen-bond donors (Lipinski definition) is 1. The Morgan fingerprint density at radius 1 is 1.35 bits per heavy atom. The largest absolute Gasteiger partial charge is 0.372 e. The molecule has 1 N–H and O–H groups in total. The maximum Gasteiger partial charge on any atom is 0.274 e. The van der Waals surface area contributed by atoms with E-state index < -0.39 is 0 Å². The van der Waals surface area contributed by atoms with Crippen LogP contribution in [0, 0.1) is 0 Å². The summed E-state index contributed by atoms with van der Waals surface area (Å²) in [4.78, 5) is 22.0. The van der Waals surface area contributed by atoms with Crippen molar-refractivity contribution < 1.29 is 4.79 Å². The molecule has 0 saturated heterocycles. The number of rotatable bonds is 4. The van der Waals surface area contributed by atoms with Crippen LogP contribution < -0.4 is 5.32 Å². The van der Waals surface area contributed by atoms with Crippen LogP contribution in [0.25, 0.3) is 0 Å². The topological polar surface area (TPSA) is 58.1 Å². The number of amides is 1. The number of aromatic nitrogens is 2. The molecule has 0 aliphatic rings. The molecule has 104 valence electrons. The Morgan fingerprint density at radius 2 is 2.10 bits per heavy atom. The summed E-state index contributed by atoms with van der Waals surface area (Å²) in [6.07, 6.45) is 3.01. The quantitative estimate of drug-likeness (QED) is 0.940. The third-order valence-electron chi connectivity index (χ3n) is 2.82. The Kier molecular flexibility index (Phi) is 4.53. The van der Waals surface area contributed by atoms with Crippen LogP contribution in [0.5, 0.6) is 0 Å². The van der Waals surface area contributed by atoms with Crippen LogP contribution >= 0.6 is 11.6 Å². The van der Waals surface area contributed by atoms with Crippen molar-refractivity contribution >= 4 is 23.3 Å². The highest BCUT2D eigenvalue weighted by atomic mass is 35.5. The molecule has 1 heterocycles. The van der Waals surface area contributed by atoms with Crippen LogP contribution in [0.4, 0.5) is 5.82 Å². The van der Waals surface area contributed by atoms with Crippen molar-refractivity contribution in [3.8, 4) is 0 Å². The minimum absolute atomic E-state index is 0.200. The number of halogens is 1. The van der Waals surface area contributed by atoms with Gasteiger partial charge in [-0.2, -0.15) is 0 Å². The normalized spacial score (nSPS) is 10.2. The number of carbonyl (C=O) groups is 1. The van der Waals surface area contributed by atoms with Gasteiger partial charge in [-0.25, -0.2) is 4.98 Å². The highest BCUT2D eigenvalue weighted by molar-refractivity contribution is 6.31. The van der Waals surface area contributed by atoms with Crippen LogP contribution in [0.1, 0.15) is 16.1 Å². The molecule has 0 spiro atoms. The number of hydrogen-bond acceptors (Lipinski definition) is 4. The van der Waals surface area contributed by atoms with Crippen LogP contribution in [0.3, 0.4) is 0 Å². The van der Waals surface area contributed by atoms with E-state index in [0.717, 1.165) is 5.56 Å². The molecule has 6 heteroatoms. The molecule has 1 aromatic carbocycles. The number of nitrogens with zero attached hydrogens (tertiary/aromatic N) is 3. The minimum atomic E-state index is -0.200. The van der Waals surface area contributed by atoms with Gasteiger partial charge >= 0.3 is 0 Å². The van der Waals surface area contributed by atoms with Gasteiger partial charge in [0, 0.05) is 25.7 Å². The molecule has 0 bridgehead atoms. The van der Waals surface area contributed by atoms with Crippen LogP contribution in [-0.4, -0.2) is 34.9 Å². The van der Waals surface area contributed by atoms with Crippen molar-refractivity contribution in [2.24, 2.45) is 0 Å². The predicted molar refractivity (Wildman–Crippen MR) is 78.8 cm³/mol. The highest BCUT2D eigenvalue weighted by Gasteiger charge is 2.15. The van der Waals surface area contributed by atoms with Gasteiger partial charge in [0.2, 0.25) is 0 Å². The lowest BCUT2D eigenvalue weighted by atomic mass is 10.2. The molecular weight excluding hydrogens is 276 g/mol. The predicted octanol–water partition coefficient (Wildman–Crippen LogP) is 2.44. The summed E-state index contributed by atoms with van der Waals surface area (Å²) in [7, 11) is 3.44. The summed E-state index contributed by atoms with van der Waals surface area (Å²) >= 11 is 6.09. The lowest BCUT2D eigenvalue weighted by Gasteiger charge is -2.17. The van der Waals surface area contributed by atoms with Gasteiger partial charge in [0.15, 0.2) is 0 Å². The Hall–Kier alpha value is -2.14. The first kappa shape index (κ1) is 14.3. The number of benzene rings is 1. The fraction of sp³-hybridized carbons (Fsp3) is 0.214. The Labute approximate surface area is 122 Å². The molecule has 0 radical (unpaired) electrons. The Balaban J connectivity index is 2.14. The van der Waals surface area contributed by atoms with Gasteiger partial charge in [0.1, 0.15) is 11.5 Å². The monoisotopic (exact) mass is 290 g/mol. The van der Waals surface area contributed by atoms with E-state index in [1.54, 1.807) is 31.3 Å². The van der Waals surface area contributed by atoms with Crippen molar-refractivity contribution in [2.45, 2.75) is 6.54 Å². The van der Waals surface area contributed by atoms with Crippen molar-refractivity contribution in [2.75, 3.05) is 19.4 Å². The zero-order valence-electron chi connectivity index (χ0n) is 11.3. The van der Waals surface area contributed by atoms with Gasteiger partial charge in [0.25, 0.3) is 5.91 Å². The molecule has 2 rings (SSSR count). The molecule has 1 aromatic heterocycles. The maximum atomic E-state index is 12.3. The average molecular weight is 291 g/mol. The zero-order chi connectivity index (χ0) is 14.5. The average Bonchev–Trinajstić information content (AvgIpc) is 2.48. The highest BCUT2D eigenvalue weighted by Crippen LogP contribution is 2.17. The van der Waals surface area contributed by atoms with Gasteiger partial charge < -0.3 is 10.2 Å². The van der Waals surface area contributed by atoms with E-state index in [4.69, 9.17) is 11.6 Å². The molecule has 20 heavy (non-hydrogen) atoms. The smallest absolute Gasteiger partial charge is 0.274 e. The van der Waals surface area contributed by atoms with Crippen LogP contribution in [-0.2, 0) is 6.54 Å². The lowest BCUT2D eigenvalue weighted by molar-refractivity contribution is 0.0779.